The maximum atomic E-state index is 11.2. The zero-order valence-electron chi connectivity index (χ0n) is 9.21. The zero-order chi connectivity index (χ0) is 11.2. The third-order valence-electron chi connectivity index (χ3n) is 2.67. The Bertz CT molecular complexity index is 303. The minimum Gasteiger partial charge on any atom is -0.229 e. The van der Waals surface area contributed by atoms with Crippen LogP contribution in [0, 0.1) is 16.7 Å². The predicted octanol–water partition coefficient (Wildman–Crippen LogP) is 2.14. The lowest BCUT2D eigenvalue weighted by Gasteiger charge is -2.18. The van der Waals surface area contributed by atoms with Crippen LogP contribution in [0.2, 0.25) is 0 Å². The summed E-state index contributed by atoms with van der Waals surface area (Å²) in [6, 6.07) is 2.24. The highest BCUT2D eigenvalue weighted by Gasteiger charge is 2.21. The molecule has 0 aliphatic rings. The van der Waals surface area contributed by atoms with Gasteiger partial charge in [0.2, 0.25) is 0 Å². The minimum absolute atomic E-state index is 0.197. The molecule has 0 rings (SSSR count). The van der Waals surface area contributed by atoms with Gasteiger partial charge in [-0.15, -0.1) is 0 Å². The molecule has 1 unspecified atom stereocenters. The van der Waals surface area contributed by atoms with Crippen molar-refractivity contribution in [2.75, 3.05) is 11.5 Å². The van der Waals surface area contributed by atoms with Crippen LogP contribution in [0.15, 0.2) is 0 Å². The molecule has 0 amide bonds. The van der Waals surface area contributed by atoms with Crippen LogP contribution in [0.4, 0.5) is 0 Å². The molecule has 4 heteroatoms. The molecule has 0 heterocycles. The summed E-state index contributed by atoms with van der Waals surface area (Å²) in [5.74, 6) is 0.406. The summed E-state index contributed by atoms with van der Waals surface area (Å²) in [6.07, 6.45) is 2.03. The average Bonchev–Trinajstić information content (AvgIpc) is 2.17. The van der Waals surface area contributed by atoms with Gasteiger partial charge in [-0.2, -0.15) is 5.26 Å². The fourth-order valence-electron chi connectivity index (χ4n) is 1.14. The lowest BCUT2D eigenvalue weighted by Crippen LogP contribution is -2.15. The van der Waals surface area contributed by atoms with Crippen molar-refractivity contribution in [3.05, 3.63) is 0 Å². The van der Waals surface area contributed by atoms with E-state index in [1.54, 1.807) is 6.92 Å². The SMILES string of the molecule is CCC(C)(C#N)CCCS(=O)(=O)CC. The highest BCUT2D eigenvalue weighted by atomic mass is 32.2. The van der Waals surface area contributed by atoms with Crippen molar-refractivity contribution in [1.82, 2.24) is 0 Å². The molecule has 0 radical (unpaired) electrons. The molecule has 0 aromatic rings. The first-order valence-electron chi connectivity index (χ1n) is 5.01. The van der Waals surface area contributed by atoms with Crippen LogP contribution in [-0.2, 0) is 9.84 Å². The fraction of sp³-hybridized carbons (Fsp3) is 0.900. The Balaban J connectivity index is 4.04. The first kappa shape index (κ1) is 13.4. The first-order chi connectivity index (χ1) is 6.39. The molecule has 0 aromatic heterocycles. The Hall–Kier alpha value is -0.560. The van der Waals surface area contributed by atoms with Crippen LogP contribution in [-0.4, -0.2) is 19.9 Å². The van der Waals surface area contributed by atoms with Gasteiger partial charge in [0.25, 0.3) is 0 Å². The lowest BCUT2D eigenvalue weighted by molar-refractivity contribution is 0.386. The van der Waals surface area contributed by atoms with Crippen molar-refractivity contribution in [3.8, 4) is 6.07 Å². The molecule has 0 fully saturated rings. The number of hydrogen-bond acceptors (Lipinski definition) is 3. The average molecular weight is 217 g/mol. The van der Waals surface area contributed by atoms with Crippen molar-refractivity contribution in [3.63, 3.8) is 0 Å². The van der Waals surface area contributed by atoms with Crippen molar-refractivity contribution in [1.29, 1.82) is 5.26 Å². The molecule has 14 heavy (non-hydrogen) atoms. The van der Waals surface area contributed by atoms with Crippen molar-refractivity contribution in [2.24, 2.45) is 5.41 Å². The molecule has 82 valence electrons. The van der Waals surface area contributed by atoms with Gasteiger partial charge in [0.05, 0.1) is 17.2 Å². The van der Waals surface area contributed by atoms with E-state index in [1.165, 1.54) is 0 Å². The highest BCUT2D eigenvalue weighted by molar-refractivity contribution is 7.91. The van der Waals surface area contributed by atoms with Gasteiger partial charge >= 0.3 is 0 Å². The molecule has 3 nitrogen and oxygen atoms in total. The second kappa shape index (κ2) is 5.35. The van der Waals surface area contributed by atoms with E-state index < -0.39 is 9.84 Å². The largest absolute Gasteiger partial charge is 0.229 e. The third kappa shape index (κ3) is 4.61. The molecule has 0 spiro atoms. The number of rotatable bonds is 6. The van der Waals surface area contributed by atoms with E-state index in [0.29, 0.717) is 12.8 Å². The molecular formula is C10H19NO2S. The van der Waals surface area contributed by atoms with Gasteiger partial charge in [-0.25, -0.2) is 8.42 Å². The Morgan fingerprint density at radius 3 is 2.29 bits per heavy atom. The number of nitriles is 1. The monoisotopic (exact) mass is 217 g/mol. The normalized spacial score (nSPS) is 15.9. The molecule has 1 atom stereocenters. The lowest BCUT2D eigenvalue weighted by atomic mass is 9.85. The van der Waals surface area contributed by atoms with Crippen LogP contribution >= 0.6 is 0 Å². The van der Waals surface area contributed by atoms with Crippen molar-refractivity contribution < 1.29 is 8.42 Å². The highest BCUT2D eigenvalue weighted by Crippen LogP contribution is 2.26. The van der Waals surface area contributed by atoms with E-state index in [4.69, 9.17) is 5.26 Å². The molecule has 0 bridgehead atoms. The second-order valence-corrected chi connectivity index (χ2v) is 6.34. The van der Waals surface area contributed by atoms with Crippen LogP contribution in [0.3, 0.4) is 0 Å². The Kier molecular flexibility index (Phi) is 5.14. The topological polar surface area (TPSA) is 57.9 Å². The Morgan fingerprint density at radius 2 is 1.93 bits per heavy atom. The smallest absolute Gasteiger partial charge is 0.150 e. The summed E-state index contributed by atoms with van der Waals surface area (Å²) in [6.45, 7) is 5.49. The summed E-state index contributed by atoms with van der Waals surface area (Å²) in [4.78, 5) is 0. The summed E-state index contributed by atoms with van der Waals surface area (Å²) in [7, 11) is -2.87. The quantitative estimate of drug-likeness (QED) is 0.685. The number of sulfone groups is 1. The second-order valence-electron chi connectivity index (χ2n) is 3.87. The fourth-order valence-corrected chi connectivity index (χ4v) is 2.01. The van der Waals surface area contributed by atoms with Crippen LogP contribution in [0.25, 0.3) is 0 Å². The van der Waals surface area contributed by atoms with E-state index in [2.05, 4.69) is 6.07 Å². The zero-order valence-corrected chi connectivity index (χ0v) is 10.0. The van der Waals surface area contributed by atoms with Gasteiger partial charge in [-0.1, -0.05) is 13.8 Å². The van der Waals surface area contributed by atoms with E-state index in [9.17, 15) is 8.42 Å². The van der Waals surface area contributed by atoms with Crippen LogP contribution in [0.5, 0.6) is 0 Å². The third-order valence-corrected chi connectivity index (χ3v) is 4.46. The van der Waals surface area contributed by atoms with Crippen molar-refractivity contribution >= 4 is 9.84 Å². The van der Waals surface area contributed by atoms with Gasteiger partial charge in [-0.3, -0.25) is 0 Å². The molecule has 0 aliphatic heterocycles. The van der Waals surface area contributed by atoms with E-state index >= 15 is 0 Å². The van der Waals surface area contributed by atoms with Gasteiger partial charge in [0.15, 0.2) is 0 Å². The number of hydrogen-bond donors (Lipinski definition) is 0. The summed E-state index contributed by atoms with van der Waals surface area (Å²) < 4.78 is 22.4. The predicted molar refractivity (Wildman–Crippen MR) is 57.6 cm³/mol. The maximum Gasteiger partial charge on any atom is 0.150 e. The Labute approximate surface area is 87.0 Å². The first-order valence-corrected chi connectivity index (χ1v) is 6.83. The summed E-state index contributed by atoms with van der Waals surface area (Å²) in [5, 5.41) is 8.87. The molecule has 0 saturated heterocycles. The molecule has 0 saturated carbocycles. The van der Waals surface area contributed by atoms with E-state index in [0.717, 1.165) is 6.42 Å². The van der Waals surface area contributed by atoms with E-state index in [1.807, 2.05) is 13.8 Å². The summed E-state index contributed by atoms with van der Waals surface area (Å²) in [5.41, 5.74) is -0.358. The Morgan fingerprint density at radius 1 is 1.36 bits per heavy atom. The summed E-state index contributed by atoms with van der Waals surface area (Å²) >= 11 is 0. The van der Waals surface area contributed by atoms with Gasteiger partial charge < -0.3 is 0 Å². The molecule has 0 aliphatic carbocycles. The standard InChI is InChI=1S/C10H19NO2S/c1-4-10(3,9-11)7-6-8-14(12,13)5-2/h4-8H2,1-3H3. The van der Waals surface area contributed by atoms with Crippen LogP contribution < -0.4 is 0 Å². The van der Waals surface area contributed by atoms with Crippen molar-refractivity contribution in [2.45, 2.75) is 40.0 Å². The molecule has 0 N–H and O–H groups in total. The van der Waals surface area contributed by atoms with Gasteiger partial charge in [0, 0.05) is 5.75 Å². The number of nitrogens with zero attached hydrogens (tertiary/aromatic N) is 1. The maximum absolute atomic E-state index is 11.2. The van der Waals surface area contributed by atoms with Gasteiger partial charge in [-0.05, 0) is 26.2 Å². The minimum atomic E-state index is -2.87. The van der Waals surface area contributed by atoms with Gasteiger partial charge in [0.1, 0.15) is 9.84 Å². The molecule has 0 aromatic carbocycles. The van der Waals surface area contributed by atoms with E-state index in [-0.39, 0.29) is 16.9 Å². The van der Waals surface area contributed by atoms with Crippen LogP contribution in [0.1, 0.15) is 40.0 Å². The molecular weight excluding hydrogens is 198 g/mol.